The molecule has 0 saturated carbocycles. The summed E-state index contributed by atoms with van der Waals surface area (Å²) in [5.41, 5.74) is 2.45. The highest BCUT2D eigenvalue weighted by atomic mass is 127. The first-order valence-electron chi connectivity index (χ1n) is 10.1. The molecule has 2 aromatic rings. The van der Waals surface area contributed by atoms with Gasteiger partial charge in [0.2, 0.25) is 0 Å². The molecule has 2 N–H and O–H groups in total. The Balaban J connectivity index is 0.00000300. The number of aliphatic imine (C=N–C) groups is 1. The van der Waals surface area contributed by atoms with Crippen LogP contribution in [0.25, 0.3) is 0 Å². The summed E-state index contributed by atoms with van der Waals surface area (Å²) in [6, 6.07) is 8.66. The minimum Gasteiger partial charge on any atom is -0.378 e. The summed E-state index contributed by atoms with van der Waals surface area (Å²) < 4.78 is 7.49. The van der Waals surface area contributed by atoms with E-state index in [-0.39, 0.29) is 24.0 Å². The maximum atomic E-state index is 5.42. The Hall–Kier alpha value is -1.88. The van der Waals surface area contributed by atoms with Crippen LogP contribution in [0.5, 0.6) is 0 Å². The van der Waals surface area contributed by atoms with Crippen LogP contribution in [0.3, 0.4) is 0 Å². The monoisotopic (exact) mass is 513 g/mol. The maximum absolute atomic E-state index is 5.42. The number of benzene rings is 1. The van der Waals surface area contributed by atoms with Crippen molar-refractivity contribution in [3.63, 3.8) is 0 Å². The number of aromatic nitrogens is 3. The minimum atomic E-state index is 0. The second-order valence-electron chi connectivity index (χ2n) is 6.68. The molecule has 0 atom stereocenters. The summed E-state index contributed by atoms with van der Waals surface area (Å²) in [5, 5.41) is 14.8. The summed E-state index contributed by atoms with van der Waals surface area (Å²) >= 11 is 0. The van der Waals surface area contributed by atoms with Crippen molar-refractivity contribution in [3.8, 4) is 0 Å². The van der Waals surface area contributed by atoms with Gasteiger partial charge in [0.25, 0.3) is 0 Å². The highest BCUT2D eigenvalue weighted by molar-refractivity contribution is 14.0. The number of morpholine rings is 1. The SMILES string of the molecule is CCNC(=NCc1ccc(N2CCOCC2)cc1)NCCn1cnnc1CC.I. The third-order valence-corrected chi connectivity index (χ3v) is 4.73. The largest absolute Gasteiger partial charge is 0.378 e. The Morgan fingerprint density at radius 2 is 1.90 bits per heavy atom. The number of guanidine groups is 1. The second kappa shape index (κ2) is 12.6. The molecule has 8 nitrogen and oxygen atoms in total. The number of anilines is 1. The number of hydrogen-bond donors (Lipinski definition) is 2. The summed E-state index contributed by atoms with van der Waals surface area (Å²) in [7, 11) is 0. The predicted octanol–water partition coefficient (Wildman–Crippen LogP) is 2.05. The van der Waals surface area contributed by atoms with Crippen molar-refractivity contribution in [2.75, 3.05) is 44.3 Å². The van der Waals surface area contributed by atoms with E-state index in [0.717, 1.165) is 64.1 Å². The van der Waals surface area contributed by atoms with Gasteiger partial charge in [0.15, 0.2) is 5.96 Å². The standard InChI is InChI=1S/C20H31N7O.HI/c1-3-19-25-24-16-27(19)10-9-22-20(21-4-2)23-15-17-5-7-18(8-6-17)26-11-13-28-14-12-26;/h5-8,16H,3-4,9-15H2,1-2H3,(H2,21,22,23);1H. The molecule has 1 aromatic heterocycles. The van der Waals surface area contributed by atoms with Gasteiger partial charge in [-0.15, -0.1) is 34.2 Å². The van der Waals surface area contributed by atoms with E-state index in [1.807, 2.05) is 0 Å². The van der Waals surface area contributed by atoms with Gasteiger partial charge in [-0.3, -0.25) is 0 Å². The van der Waals surface area contributed by atoms with Crippen molar-refractivity contribution in [1.29, 1.82) is 0 Å². The molecule has 1 saturated heterocycles. The van der Waals surface area contributed by atoms with Crippen LogP contribution < -0.4 is 15.5 Å². The molecule has 1 fully saturated rings. The van der Waals surface area contributed by atoms with E-state index in [2.05, 4.69) is 68.4 Å². The first kappa shape index (κ1) is 23.4. The molecule has 1 aromatic carbocycles. The van der Waals surface area contributed by atoms with E-state index >= 15 is 0 Å². The van der Waals surface area contributed by atoms with Crippen molar-refractivity contribution in [1.82, 2.24) is 25.4 Å². The van der Waals surface area contributed by atoms with E-state index < -0.39 is 0 Å². The van der Waals surface area contributed by atoms with E-state index in [1.54, 1.807) is 6.33 Å². The molecule has 0 bridgehead atoms. The van der Waals surface area contributed by atoms with Crippen LogP contribution in [0.15, 0.2) is 35.6 Å². The van der Waals surface area contributed by atoms with Gasteiger partial charge in [0, 0.05) is 44.8 Å². The van der Waals surface area contributed by atoms with Gasteiger partial charge in [0.05, 0.1) is 19.8 Å². The number of rotatable bonds is 8. The smallest absolute Gasteiger partial charge is 0.191 e. The molecule has 0 spiro atoms. The van der Waals surface area contributed by atoms with Crippen LogP contribution >= 0.6 is 24.0 Å². The lowest BCUT2D eigenvalue weighted by Gasteiger charge is -2.28. The molecule has 29 heavy (non-hydrogen) atoms. The molecule has 0 aliphatic carbocycles. The average Bonchev–Trinajstić information content (AvgIpc) is 3.20. The van der Waals surface area contributed by atoms with Gasteiger partial charge >= 0.3 is 0 Å². The van der Waals surface area contributed by atoms with E-state index in [9.17, 15) is 0 Å². The van der Waals surface area contributed by atoms with Crippen molar-refractivity contribution < 1.29 is 4.74 Å². The summed E-state index contributed by atoms with van der Waals surface area (Å²) in [5.74, 6) is 1.83. The zero-order valence-corrected chi connectivity index (χ0v) is 19.6. The fourth-order valence-electron chi connectivity index (χ4n) is 3.18. The lowest BCUT2D eigenvalue weighted by Crippen LogP contribution is -2.39. The first-order chi connectivity index (χ1) is 13.8. The lowest BCUT2D eigenvalue weighted by molar-refractivity contribution is 0.122. The molecule has 0 radical (unpaired) electrons. The quantitative estimate of drug-likeness (QED) is 0.320. The Morgan fingerprint density at radius 3 is 2.59 bits per heavy atom. The number of ether oxygens (including phenoxy) is 1. The number of nitrogens with one attached hydrogen (secondary N) is 2. The topological polar surface area (TPSA) is 79.6 Å². The van der Waals surface area contributed by atoms with Crippen molar-refractivity contribution in [2.45, 2.75) is 33.4 Å². The molecule has 9 heteroatoms. The molecule has 160 valence electrons. The molecule has 0 unspecified atom stereocenters. The van der Waals surface area contributed by atoms with Gasteiger partial charge in [-0.25, -0.2) is 4.99 Å². The zero-order valence-electron chi connectivity index (χ0n) is 17.3. The Labute approximate surface area is 190 Å². The van der Waals surface area contributed by atoms with Crippen LogP contribution in [-0.4, -0.2) is 60.1 Å². The molecule has 0 amide bonds. The predicted molar refractivity (Wildman–Crippen MR) is 127 cm³/mol. The van der Waals surface area contributed by atoms with Crippen LogP contribution in [0.2, 0.25) is 0 Å². The summed E-state index contributed by atoms with van der Waals surface area (Å²) in [6.07, 6.45) is 2.66. The van der Waals surface area contributed by atoms with Crippen LogP contribution in [0, 0.1) is 0 Å². The first-order valence-corrected chi connectivity index (χ1v) is 10.1. The maximum Gasteiger partial charge on any atom is 0.191 e. The number of aryl methyl sites for hydroxylation is 1. The Morgan fingerprint density at radius 1 is 1.14 bits per heavy atom. The van der Waals surface area contributed by atoms with Gasteiger partial charge in [-0.05, 0) is 24.6 Å². The number of hydrogen-bond acceptors (Lipinski definition) is 5. The third kappa shape index (κ3) is 7.14. The fourth-order valence-corrected chi connectivity index (χ4v) is 3.18. The number of halogens is 1. The van der Waals surface area contributed by atoms with Crippen molar-refractivity contribution in [2.24, 2.45) is 4.99 Å². The molecular weight excluding hydrogens is 481 g/mol. The fraction of sp³-hybridized carbons (Fsp3) is 0.550. The molecular formula is C20H32IN7O. The molecule has 3 rings (SSSR count). The van der Waals surface area contributed by atoms with Gasteiger partial charge in [-0.1, -0.05) is 19.1 Å². The Kier molecular flexibility index (Phi) is 10.2. The normalized spacial score (nSPS) is 14.4. The van der Waals surface area contributed by atoms with Gasteiger partial charge < -0.3 is 24.8 Å². The van der Waals surface area contributed by atoms with Crippen LogP contribution in [-0.2, 0) is 24.2 Å². The summed E-state index contributed by atoms with van der Waals surface area (Å²) in [4.78, 5) is 7.07. The Bertz CT molecular complexity index is 742. The highest BCUT2D eigenvalue weighted by Crippen LogP contribution is 2.17. The van der Waals surface area contributed by atoms with Crippen molar-refractivity contribution >= 4 is 35.6 Å². The minimum absolute atomic E-state index is 0. The number of nitrogens with zero attached hydrogens (tertiary/aromatic N) is 5. The molecule has 1 aliphatic rings. The molecule has 1 aliphatic heterocycles. The lowest BCUT2D eigenvalue weighted by atomic mass is 10.2. The van der Waals surface area contributed by atoms with E-state index in [1.165, 1.54) is 11.3 Å². The van der Waals surface area contributed by atoms with E-state index in [4.69, 9.17) is 9.73 Å². The van der Waals surface area contributed by atoms with Gasteiger partial charge in [-0.2, -0.15) is 0 Å². The van der Waals surface area contributed by atoms with Crippen LogP contribution in [0.1, 0.15) is 25.2 Å². The van der Waals surface area contributed by atoms with Crippen LogP contribution in [0.4, 0.5) is 5.69 Å². The zero-order chi connectivity index (χ0) is 19.6. The summed E-state index contributed by atoms with van der Waals surface area (Å²) in [6.45, 7) is 10.7. The van der Waals surface area contributed by atoms with Crippen molar-refractivity contribution in [3.05, 3.63) is 42.0 Å². The van der Waals surface area contributed by atoms with Gasteiger partial charge in [0.1, 0.15) is 12.2 Å². The third-order valence-electron chi connectivity index (χ3n) is 4.73. The second-order valence-corrected chi connectivity index (χ2v) is 6.68. The highest BCUT2D eigenvalue weighted by Gasteiger charge is 2.10. The van der Waals surface area contributed by atoms with E-state index in [0.29, 0.717) is 6.54 Å². The molecule has 2 heterocycles. The average molecular weight is 513 g/mol.